The number of hydrogen-bond acceptors (Lipinski definition) is 3. The van der Waals surface area contributed by atoms with Crippen LogP contribution in [0.4, 0.5) is 5.82 Å². The number of carbonyl (C=O) groups is 1. The topological polar surface area (TPSA) is 72.9 Å². The van der Waals surface area contributed by atoms with Crippen molar-refractivity contribution in [1.82, 2.24) is 9.78 Å². The number of anilines is 1. The van der Waals surface area contributed by atoms with E-state index in [-0.39, 0.29) is 30.3 Å². The number of hydrogen-bond donors (Lipinski definition) is 2. The highest BCUT2D eigenvalue weighted by Gasteiger charge is 2.18. The number of unbranched alkanes of at least 4 members (excludes halogenated alkanes) is 1. The molecule has 5 nitrogen and oxygen atoms in total. The van der Waals surface area contributed by atoms with Gasteiger partial charge in [-0.25, -0.2) is 4.68 Å². The van der Waals surface area contributed by atoms with Gasteiger partial charge >= 0.3 is 0 Å². The van der Waals surface area contributed by atoms with Crippen LogP contribution in [-0.4, -0.2) is 21.7 Å². The molecule has 2 atom stereocenters. The number of halogens is 1. The maximum absolute atomic E-state index is 11.8. The van der Waals surface area contributed by atoms with Gasteiger partial charge in [0.05, 0.1) is 12.1 Å². The predicted molar refractivity (Wildman–Crippen MR) is 75.8 cm³/mol. The smallest absolute Gasteiger partial charge is 0.229 e. The fourth-order valence-electron chi connectivity index (χ4n) is 1.40. The van der Waals surface area contributed by atoms with Crippen molar-refractivity contribution in [2.24, 2.45) is 11.7 Å². The van der Waals surface area contributed by atoms with Gasteiger partial charge in [-0.2, -0.15) is 5.10 Å². The Labute approximate surface area is 115 Å². The fraction of sp³-hybridized carbons (Fsp3) is 0.667. The molecule has 0 aliphatic rings. The lowest BCUT2D eigenvalue weighted by Gasteiger charge is -2.15. The highest BCUT2D eigenvalue weighted by molar-refractivity contribution is 5.91. The van der Waals surface area contributed by atoms with Crippen molar-refractivity contribution in [2.45, 2.75) is 46.2 Å². The minimum atomic E-state index is -0.204. The second kappa shape index (κ2) is 8.11. The van der Waals surface area contributed by atoms with Crippen LogP contribution in [0, 0.1) is 5.92 Å². The minimum Gasteiger partial charge on any atom is -0.327 e. The lowest BCUT2D eigenvalue weighted by molar-refractivity contribution is -0.119. The summed E-state index contributed by atoms with van der Waals surface area (Å²) >= 11 is 0. The van der Waals surface area contributed by atoms with Gasteiger partial charge in [0.25, 0.3) is 0 Å². The fourth-order valence-corrected chi connectivity index (χ4v) is 1.40. The molecule has 18 heavy (non-hydrogen) atoms. The average molecular weight is 275 g/mol. The molecule has 0 aromatic carbocycles. The van der Waals surface area contributed by atoms with Crippen molar-refractivity contribution in [2.75, 3.05) is 5.32 Å². The zero-order valence-corrected chi connectivity index (χ0v) is 12.0. The first-order chi connectivity index (χ1) is 8.06. The van der Waals surface area contributed by atoms with Crippen molar-refractivity contribution in [3.05, 3.63) is 12.3 Å². The molecule has 0 spiro atoms. The van der Waals surface area contributed by atoms with E-state index < -0.39 is 0 Å². The van der Waals surface area contributed by atoms with Crippen LogP contribution in [-0.2, 0) is 11.3 Å². The van der Waals surface area contributed by atoms with Gasteiger partial charge in [0, 0.05) is 18.7 Å². The number of rotatable bonds is 6. The Morgan fingerprint density at radius 1 is 1.56 bits per heavy atom. The molecular formula is C12H23ClN4O. The van der Waals surface area contributed by atoms with E-state index in [4.69, 9.17) is 5.73 Å². The standard InChI is InChI=1S/C12H22N4O.ClH/c1-4-5-8-16-11(6-7-14-16)15-12(17)9(2)10(3)13;/h6-7,9-10H,4-5,8,13H2,1-3H3,(H,15,17);1H. The first-order valence-corrected chi connectivity index (χ1v) is 6.14. The summed E-state index contributed by atoms with van der Waals surface area (Å²) in [4.78, 5) is 11.8. The largest absolute Gasteiger partial charge is 0.327 e. The number of nitrogens with one attached hydrogen (secondary N) is 1. The first kappa shape index (κ1) is 16.9. The van der Waals surface area contributed by atoms with Crippen molar-refractivity contribution >= 4 is 24.1 Å². The van der Waals surface area contributed by atoms with Gasteiger partial charge in [-0.3, -0.25) is 4.79 Å². The van der Waals surface area contributed by atoms with Crippen molar-refractivity contribution in [3.8, 4) is 0 Å². The number of amides is 1. The van der Waals surface area contributed by atoms with E-state index in [1.54, 1.807) is 6.20 Å². The Morgan fingerprint density at radius 2 is 2.22 bits per heavy atom. The second-order valence-corrected chi connectivity index (χ2v) is 4.43. The van der Waals surface area contributed by atoms with Crippen molar-refractivity contribution < 1.29 is 4.79 Å². The molecule has 0 bridgehead atoms. The molecule has 0 radical (unpaired) electrons. The molecule has 0 saturated carbocycles. The molecule has 0 aliphatic carbocycles. The van der Waals surface area contributed by atoms with E-state index in [0.29, 0.717) is 0 Å². The van der Waals surface area contributed by atoms with Crippen LogP contribution in [0.3, 0.4) is 0 Å². The maximum Gasteiger partial charge on any atom is 0.229 e. The molecule has 1 heterocycles. The van der Waals surface area contributed by atoms with Gasteiger partial charge in [0.15, 0.2) is 0 Å². The lowest BCUT2D eigenvalue weighted by atomic mass is 10.0. The molecule has 3 N–H and O–H groups in total. The monoisotopic (exact) mass is 274 g/mol. The molecule has 1 aromatic rings. The van der Waals surface area contributed by atoms with Crippen molar-refractivity contribution in [3.63, 3.8) is 0 Å². The quantitative estimate of drug-likeness (QED) is 0.834. The Kier molecular flexibility index (Phi) is 7.62. The third-order valence-electron chi connectivity index (χ3n) is 2.89. The summed E-state index contributed by atoms with van der Waals surface area (Å²) < 4.78 is 1.81. The Morgan fingerprint density at radius 3 is 2.78 bits per heavy atom. The zero-order chi connectivity index (χ0) is 12.8. The minimum absolute atomic E-state index is 0. The SMILES string of the molecule is CCCCn1nccc1NC(=O)C(C)C(C)N.Cl. The van der Waals surface area contributed by atoms with Gasteiger partial charge in [-0.05, 0) is 13.3 Å². The number of aromatic nitrogens is 2. The van der Waals surface area contributed by atoms with Gasteiger partial charge in [-0.15, -0.1) is 12.4 Å². The van der Waals surface area contributed by atoms with Crippen LogP contribution >= 0.6 is 12.4 Å². The van der Waals surface area contributed by atoms with E-state index in [9.17, 15) is 4.79 Å². The number of nitrogens with two attached hydrogens (primary N) is 1. The summed E-state index contributed by atoms with van der Waals surface area (Å²) in [6, 6.07) is 1.66. The predicted octanol–water partition coefficient (Wildman–Crippen LogP) is 2.03. The Bertz CT molecular complexity index is 365. The van der Waals surface area contributed by atoms with E-state index in [1.165, 1.54) is 0 Å². The number of aryl methyl sites for hydroxylation is 1. The Hall–Kier alpha value is -1.07. The molecular weight excluding hydrogens is 252 g/mol. The third-order valence-corrected chi connectivity index (χ3v) is 2.89. The van der Waals surface area contributed by atoms with Gasteiger partial charge in [-0.1, -0.05) is 20.3 Å². The van der Waals surface area contributed by atoms with Gasteiger partial charge in [0.1, 0.15) is 5.82 Å². The van der Waals surface area contributed by atoms with E-state index in [1.807, 2.05) is 24.6 Å². The third kappa shape index (κ3) is 4.66. The molecule has 0 aliphatic heterocycles. The molecule has 1 amide bonds. The molecule has 1 rings (SSSR count). The summed E-state index contributed by atoms with van der Waals surface area (Å²) in [5, 5.41) is 7.04. The van der Waals surface area contributed by atoms with Crippen LogP contribution in [0.15, 0.2) is 12.3 Å². The molecule has 104 valence electrons. The van der Waals surface area contributed by atoms with E-state index >= 15 is 0 Å². The van der Waals surface area contributed by atoms with Crippen LogP contribution in [0.2, 0.25) is 0 Å². The summed E-state index contributed by atoms with van der Waals surface area (Å²) in [5.41, 5.74) is 5.70. The highest BCUT2D eigenvalue weighted by atomic mass is 35.5. The molecule has 2 unspecified atom stereocenters. The van der Waals surface area contributed by atoms with Gasteiger partial charge < -0.3 is 11.1 Å². The van der Waals surface area contributed by atoms with Crippen LogP contribution in [0.25, 0.3) is 0 Å². The number of nitrogens with zero attached hydrogens (tertiary/aromatic N) is 2. The van der Waals surface area contributed by atoms with Gasteiger partial charge in [0.2, 0.25) is 5.91 Å². The first-order valence-electron chi connectivity index (χ1n) is 6.14. The molecule has 0 saturated heterocycles. The summed E-state index contributed by atoms with van der Waals surface area (Å²) in [6.07, 6.45) is 3.85. The van der Waals surface area contributed by atoms with Crippen LogP contribution in [0.5, 0.6) is 0 Å². The summed E-state index contributed by atoms with van der Waals surface area (Å²) in [5.74, 6) is 0.485. The number of carbonyl (C=O) groups excluding carboxylic acids is 1. The van der Waals surface area contributed by atoms with E-state index in [2.05, 4.69) is 17.3 Å². The van der Waals surface area contributed by atoms with Crippen LogP contribution in [0.1, 0.15) is 33.6 Å². The molecule has 6 heteroatoms. The maximum atomic E-state index is 11.8. The van der Waals surface area contributed by atoms with Crippen molar-refractivity contribution in [1.29, 1.82) is 0 Å². The zero-order valence-electron chi connectivity index (χ0n) is 11.2. The second-order valence-electron chi connectivity index (χ2n) is 4.43. The summed E-state index contributed by atoms with van der Waals surface area (Å²) in [6.45, 7) is 6.61. The lowest BCUT2D eigenvalue weighted by Crippen LogP contribution is -2.34. The highest BCUT2D eigenvalue weighted by Crippen LogP contribution is 2.10. The van der Waals surface area contributed by atoms with Crippen LogP contribution < -0.4 is 11.1 Å². The summed E-state index contributed by atoms with van der Waals surface area (Å²) in [7, 11) is 0. The normalized spacial score (nSPS) is 13.6. The average Bonchev–Trinajstić information content (AvgIpc) is 2.72. The molecule has 0 fully saturated rings. The molecule has 1 aromatic heterocycles. The Balaban J connectivity index is 0.00000289. The van der Waals surface area contributed by atoms with E-state index in [0.717, 1.165) is 25.2 Å².